The van der Waals surface area contributed by atoms with Crippen molar-refractivity contribution in [1.29, 1.82) is 5.26 Å². The second-order valence-electron chi connectivity index (χ2n) is 3.35. The van der Waals surface area contributed by atoms with Crippen molar-refractivity contribution in [3.05, 3.63) is 34.0 Å². The third-order valence-corrected chi connectivity index (χ3v) is 3.33. The van der Waals surface area contributed by atoms with Gasteiger partial charge in [-0.05, 0) is 38.9 Å². The minimum Gasteiger partial charge on any atom is -0.309 e. The predicted molar refractivity (Wildman–Crippen MR) is 64.9 cm³/mol. The van der Waals surface area contributed by atoms with E-state index in [9.17, 15) is 0 Å². The van der Waals surface area contributed by atoms with E-state index < -0.39 is 0 Å². The van der Waals surface area contributed by atoms with Gasteiger partial charge in [-0.1, -0.05) is 12.2 Å². The lowest BCUT2D eigenvalue weighted by Gasteiger charge is -2.10. The van der Waals surface area contributed by atoms with Crippen molar-refractivity contribution in [3.63, 3.8) is 0 Å². The second kappa shape index (κ2) is 6.39. The Balaban J connectivity index is 2.40. The first kappa shape index (κ1) is 12.0. The monoisotopic (exact) mass is 220 g/mol. The van der Waals surface area contributed by atoms with Crippen molar-refractivity contribution in [2.24, 2.45) is 0 Å². The van der Waals surface area contributed by atoms with Crippen LogP contribution in [-0.2, 0) is 0 Å². The molecule has 1 atom stereocenters. The van der Waals surface area contributed by atoms with E-state index in [4.69, 9.17) is 5.26 Å². The van der Waals surface area contributed by atoms with Crippen molar-refractivity contribution in [2.45, 2.75) is 26.3 Å². The molecule has 0 aromatic carbocycles. The molecule has 0 bridgehead atoms. The zero-order chi connectivity index (χ0) is 11.1. The number of nitriles is 1. The highest BCUT2D eigenvalue weighted by Crippen LogP contribution is 2.22. The van der Waals surface area contributed by atoms with Crippen molar-refractivity contribution in [3.8, 4) is 6.07 Å². The Labute approximate surface area is 95.2 Å². The Morgan fingerprint density at radius 3 is 3.00 bits per heavy atom. The lowest BCUT2D eigenvalue weighted by Crippen LogP contribution is -2.18. The van der Waals surface area contributed by atoms with Gasteiger partial charge >= 0.3 is 0 Å². The van der Waals surface area contributed by atoms with E-state index in [1.807, 2.05) is 19.1 Å². The van der Waals surface area contributed by atoms with E-state index in [-0.39, 0.29) is 0 Å². The summed E-state index contributed by atoms with van der Waals surface area (Å²) in [7, 11) is 0. The van der Waals surface area contributed by atoms with Crippen molar-refractivity contribution in [2.75, 3.05) is 6.54 Å². The molecule has 1 N–H and O–H groups in total. The molecule has 2 nitrogen and oxygen atoms in total. The molecule has 3 heteroatoms. The fourth-order valence-corrected chi connectivity index (χ4v) is 2.13. The summed E-state index contributed by atoms with van der Waals surface area (Å²) in [4.78, 5) is 2.01. The maximum Gasteiger partial charge on any atom is 0.110 e. The number of nitrogens with zero attached hydrogens (tertiary/aromatic N) is 1. The topological polar surface area (TPSA) is 35.8 Å². The Morgan fingerprint density at radius 1 is 1.60 bits per heavy atom. The second-order valence-corrected chi connectivity index (χ2v) is 4.46. The molecule has 0 aliphatic rings. The Morgan fingerprint density at radius 2 is 2.40 bits per heavy atom. The Hall–Kier alpha value is -1.11. The molecule has 0 amide bonds. The standard InChI is InChI=1S/C12H16N2S/c1-3-4-5-8-14-10(2)12-7-6-11(9-13)15-12/h3-4,6-7,10,14H,5,8H2,1-2H3/b4-3+. The molecule has 0 spiro atoms. The molecule has 1 unspecified atom stereocenters. The van der Waals surface area contributed by atoms with Gasteiger partial charge in [0.1, 0.15) is 10.9 Å². The average molecular weight is 220 g/mol. The average Bonchev–Trinajstić information content (AvgIpc) is 2.72. The summed E-state index contributed by atoms with van der Waals surface area (Å²) in [5.41, 5.74) is 0. The minimum absolute atomic E-state index is 0.336. The van der Waals surface area contributed by atoms with Gasteiger partial charge in [0.15, 0.2) is 0 Å². The molecule has 0 aliphatic heterocycles. The minimum atomic E-state index is 0.336. The number of nitrogens with one attached hydrogen (secondary N) is 1. The third kappa shape index (κ3) is 3.86. The van der Waals surface area contributed by atoms with Crippen LogP contribution in [0.5, 0.6) is 0 Å². The number of allylic oxidation sites excluding steroid dienone is 1. The normalized spacial score (nSPS) is 12.9. The summed E-state index contributed by atoms with van der Waals surface area (Å²) in [5.74, 6) is 0. The molecule has 1 aromatic rings. The maximum absolute atomic E-state index is 8.71. The van der Waals surface area contributed by atoms with Gasteiger partial charge in [-0.25, -0.2) is 0 Å². The lowest BCUT2D eigenvalue weighted by molar-refractivity contribution is 0.589. The number of hydrogen-bond acceptors (Lipinski definition) is 3. The van der Waals surface area contributed by atoms with E-state index >= 15 is 0 Å². The summed E-state index contributed by atoms with van der Waals surface area (Å²) in [6.45, 7) is 5.13. The first-order valence-electron chi connectivity index (χ1n) is 5.12. The largest absolute Gasteiger partial charge is 0.309 e. The SMILES string of the molecule is C/C=C/CCNC(C)c1ccc(C#N)s1. The van der Waals surface area contributed by atoms with Gasteiger partial charge < -0.3 is 5.32 Å². The zero-order valence-electron chi connectivity index (χ0n) is 9.16. The zero-order valence-corrected chi connectivity index (χ0v) is 9.97. The van der Waals surface area contributed by atoms with E-state index in [1.165, 1.54) is 4.88 Å². The maximum atomic E-state index is 8.71. The van der Waals surface area contributed by atoms with Crippen LogP contribution in [0, 0.1) is 11.3 Å². The third-order valence-electron chi connectivity index (χ3n) is 2.16. The van der Waals surface area contributed by atoms with Crippen molar-refractivity contribution in [1.82, 2.24) is 5.32 Å². The molecular weight excluding hydrogens is 204 g/mol. The van der Waals surface area contributed by atoms with Gasteiger partial charge in [0.05, 0.1) is 0 Å². The molecule has 0 aliphatic carbocycles. The van der Waals surface area contributed by atoms with Gasteiger partial charge in [0.25, 0.3) is 0 Å². The van der Waals surface area contributed by atoms with Gasteiger partial charge in [-0.3, -0.25) is 0 Å². The molecular formula is C12H16N2S. The summed E-state index contributed by atoms with van der Waals surface area (Å²) in [5, 5.41) is 12.1. The van der Waals surface area contributed by atoms with E-state index in [1.54, 1.807) is 11.3 Å². The van der Waals surface area contributed by atoms with Crippen LogP contribution >= 0.6 is 11.3 Å². The van der Waals surface area contributed by atoms with Crippen molar-refractivity contribution < 1.29 is 0 Å². The molecule has 1 aromatic heterocycles. The van der Waals surface area contributed by atoms with Gasteiger partial charge in [-0.2, -0.15) is 5.26 Å². The van der Waals surface area contributed by atoms with E-state index in [0.717, 1.165) is 17.8 Å². The van der Waals surface area contributed by atoms with Crippen LogP contribution in [0.15, 0.2) is 24.3 Å². The van der Waals surface area contributed by atoms with Crippen LogP contribution in [0.25, 0.3) is 0 Å². The first-order chi connectivity index (χ1) is 7.27. The number of rotatable bonds is 5. The number of hydrogen-bond donors (Lipinski definition) is 1. The molecule has 15 heavy (non-hydrogen) atoms. The van der Waals surface area contributed by atoms with Crippen LogP contribution < -0.4 is 5.32 Å². The highest BCUT2D eigenvalue weighted by Gasteiger charge is 2.06. The summed E-state index contributed by atoms with van der Waals surface area (Å²) < 4.78 is 0. The highest BCUT2D eigenvalue weighted by atomic mass is 32.1. The molecule has 80 valence electrons. The molecule has 1 rings (SSSR count). The molecule has 0 radical (unpaired) electrons. The molecule has 0 fully saturated rings. The lowest BCUT2D eigenvalue weighted by atomic mass is 10.2. The Bertz CT molecular complexity index is 360. The first-order valence-corrected chi connectivity index (χ1v) is 5.94. The summed E-state index contributed by atoms with van der Waals surface area (Å²) in [6, 6.07) is 6.40. The van der Waals surface area contributed by atoms with Crippen LogP contribution in [0.3, 0.4) is 0 Å². The van der Waals surface area contributed by atoms with E-state index in [0.29, 0.717) is 6.04 Å². The van der Waals surface area contributed by atoms with Crippen LogP contribution in [0.4, 0.5) is 0 Å². The smallest absolute Gasteiger partial charge is 0.110 e. The number of thiophene rings is 1. The fourth-order valence-electron chi connectivity index (χ4n) is 1.30. The summed E-state index contributed by atoms with van der Waals surface area (Å²) >= 11 is 1.56. The molecule has 0 saturated heterocycles. The van der Waals surface area contributed by atoms with E-state index in [2.05, 4.69) is 30.5 Å². The highest BCUT2D eigenvalue weighted by molar-refractivity contribution is 7.12. The molecule has 1 heterocycles. The van der Waals surface area contributed by atoms with Crippen LogP contribution in [0.2, 0.25) is 0 Å². The van der Waals surface area contributed by atoms with Crippen LogP contribution in [0.1, 0.15) is 36.1 Å². The van der Waals surface area contributed by atoms with Gasteiger partial charge in [0.2, 0.25) is 0 Å². The van der Waals surface area contributed by atoms with Crippen molar-refractivity contribution >= 4 is 11.3 Å². The molecule has 0 saturated carbocycles. The fraction of sp³-hybridized carbons (Fsp3) is 0.417. The van der Waals surface area contributed by atoms with Gasteiger partial charge in [0, 0.05) is 10.9 Å². The van der Waals surface area contributed by atoms with Gasteiger partial charge in [-0.15, -0.1) is 11.3 Å². The Kier molecular flexibility index (Phi) is 5.09. The summed E-state index contributed by atoms with van der Waals surface area (Å²) in [6.07, 6.45) is 5.26. The quantitative estimate of drug-likeness (QED) is 0.611. The van der Waals surface area contributed by atoms with Crippen LogP contribution in [-0.4, -0.2) is 6.54 Å². The predicted octanol–water partition coefficient (Wildman–Crippen LogP) is 3.24.